The minimum atomic E-state index is -0.834. The quantitative estimate of drug-likeness (QED) is 0.899. The molecule has 0 amide bonds. The molecular weight excluding hydrogens is 247 g/mol. The van der Waals surface area contributed by atoms with Gasteiger partial charge in [-0.3, -0.25) is 0 Å². The smallest absolute Gasteiger partial charge is 0.170 e. The van der Waals surface area contributed by atoms with Crippen LogP contribution in [0.25, 0.3) is 11.0 Å². The zero-order valence-electron chi connectivity index (χ0n) is 10.8. The first kappa shape index (κ1) is 12.6. The molecule has 1 heterocycles. The Morgan fingerprint density at radius 2 is 2.26 bits per heavy atom. The van der Waals surface area contributed by atoms with Gasteiger partial charge in [0.2, 0.25) is 0 Å². The fourth-order valence-electron chi connectivity index (χ4n) is 2.46. The van der Waals surface area contributed by atoms with Crippen LogP contribution in [0.15, 0.2) is 28.7 Å². The molecule has 4 heteroatoms. The predicted octanol–water partition coefficient (Wildman–Crippen LogP) is 3.42. The number of aliphatic hydroxyl groups excluding tert-OH is 1. The number of rotatable bonds is 5. The van der Waals surface area contributed by atoms with Crippen LogP contribution in [0.3, 0.4) is 0 Å². The Morgan fingerprint density at radius 3 is 2.89 bits per heavy atom. The van der Waals surface area contributed by atoms with Crippen LogP contribution >= 0.6 is 0 Å². The Balaban J connectivity index is 1.91. The number of ether oxygens (including phenoxy) is 1. The van der Waals surface area contributed by atoms with Crippen LogP contribution in [-0.2, 0) is 4.74 Å². The van der Waals surface area contributed by atoms with Crippen molar-refractivity contribution >= 4 is 11.0 Å². The van der Waals surface area contributed by atoms with Gasteiger partial charge in [0.15, 0.2) is 11.4 Å². The van der Waals surface area contributed by atoms with Gasteiger partial charge in [0.25, 0.3) is 0 Å². The second kappa shape index (κ2) is 4.94. The molecule has 0 radical (unpaired) electrons. The summed E-state index contributed by atoms with van der Waals surface area (Å²) in [4.78, 5) is 0. The topological polar surface area (TPSA) is 42.6 Å². The SMILES string of the molecule is CCOC(C1CC1)C(O)c1cc2cccc(F)c2o1. The standard InChI is InChI=1S/C15H17FO3/c1-2-18-15(9-6-7-9)13(17)12-8-10-4-3-5-11(16)14(10)19-12/h3-5,8-9,13,15,17H,2,6-7H2,1H3. The van der Waals surface area contributed by atoms with Gasteiger partial charge in [0, 0.05) is 12.0 Å². The number of benzene rings is 1. The van der Waals surface area contributed by atoms with Gasteiger partial charge in [-0.05, 0) is 37.8 Å². The maximum absolute atomic E-state index is 13.6. The Kier molecular flexibility index (Phi) is 3.29. The highest BCUT2D eigenvalue weighted by molar-refractivity contribution is 5.78. The highest BCUT2D eigenvalue weighted by Crippen LogP contribution is 2.41. The van der Waals surface area contributed by atoms with Crippen molar-refractivity contribution in [3.8, 4) is 0 Å². The van der Waals surface area contributed by atoms with Crippen LogP contribution in [0, 0.1) is 11.7 Å². The molecule has 3 rings (SSSR count). The molecule has 1 aromatic carbocycles. The van der Waals surface area contributed by atoms with E-state index in [9.17, 15) is 9.50 Å². The second-order valence-electron chi connectivity index (χ2n) is 5.01. The van der Waals surface area contributed by atoms with Crippen LogP contribution in [0.4, 0.5) is 4.39 Å². The van der Waals surface area contributed by atoms with Gasteiger partial charge in [-0.2, -0.15) is 0 Å². The van der Waals surface area contributed by atoms with Gasteiger partial charge in [0.1, 0.15) is 11.9 Å². The number of aliphatic hydroxyl groups is 1. The number of fused-ring (bicyclic) bond motifs is 1. The van der Waals surface area contributed by atoms with Gasteiger partial charge >= 0.3 is 0 Å². The van der Waals surface area contributed by atoms with Crippen molar-refractivity contribution < 1.29 is 18.7 Å². The van der Waals surface area contributed by atoms with Crippen molar-refractivity contribution in [3.63, 3.8) is 0 Å². The van der Waals surface area contributed by atoms with Gasteiger partial charge in [0.05, 0.1) is 6.10 Å². The summed E-state index contributed by atoms with van der Waals surface area (Å²) >= 11 is 0. The first-order chi connectivity index (χ1) is 9.20. The van der Waals surface area contributed by atoms with Crippen LogP contribution in [0.5, 0.6) is 0 Å². The highest BCUT2D eigenvalue weighted by Gasteiger charge is 2.38. The Labute approximate surface area is 111 Å². The van der Waals surface area contributed by atoms with Crippen molar-refractivity contribution in [2.24, 2.45) is 5.92 Å². The lowest BCUT2D eigenvalue weighted by atomic mass is 10.1. The van der Waals surface area contributed by atoms with Crippen LogP contribution in [-0.4, -0.2) is 17.8 Å². The van der Waals surface area contributed by atoms with Crippen molar-refractivity contribution in [1.29, 1.82) is 0 Å². The van der Waals surface area contributed by atoms with Crippen LogP contribution in [0.2, 0.25) is 0 Å². The molecule has 2 atom stereocenters. The van der Waals surface area contributed by atoms with Crippen molar-refractivity contribution in [3.05, 3.63) is 35.8 Å². The molecular formula is C15H17FO3. The van der Waals surface area contributed by atoms with E-state index in [1.807, 2.05) is 6.92 Å². The molecule has 19 heavy (non-hydrogen) atoms. The molecule has 1 aliphatic carbocycles. The lowest BCUT2D eigenvalue weighted by molar-refractivity contribution is -0.0538. The summed E-state index contributed by atoms with van der Waals surface area (Å²) in [5.41, 5.74) is 0.197. The second-order valence-corrected chi connectivity index (χ2v) is 5.01. The zero-order chi connectivity index (χ0) is 13.4. The molecule has 102 valence electrons. The van der Waals surface area contributed by atoms with E-state index >= 15 is 0 Å². The summed E-state index contributed by atoms with van der Waals surface area (Å²) in [5, 5.41) is 11.0. The van der Waals surface area contributed by atoms with Gasteiger partial charge in [-0.25, -0.2) is 4.39 Å². The van der Waals surface area contributed by atoms with Crippen molar-refractivity contribution in [1.82, 2.24) is 0 Å². The number of para-hydroxylation sites is 1. The third-order valence-electron chi connectivity index (χ3n) is 3.56. The number of halogens is 1. The molecule has 3 nitrogen and oxygen atoms in total. The lowest BCUT2D eigenvalue weighted by Gasteiger charge is -2.20. The minimum absolute atomic E-state index is 0.197. The van der Waals surface area contributed by atoms with Gasteiger partial charge < -0.3 is 14.3 Å². The molecule has 1 fully saturated rings. The van der Waals surface area contributed by atoms with E-state index in [1.165, 1.54) is 6.07 Å². The summed E-state index contributed by atoms with van der Waals surface area (Å²) < 4.78 is 24.6. The monoisotopic (exact) mass is 264 g/mol. The minimum Gasteiger partial charge on any atom is -0.455 e. The summed E-state index contributed by atoms with van der Waals surface area (Å²) in [6, 6.07) is 6.44. The first-order valence-corrected chi connectivity index (χ1v) is 6.68. The summed E-state index contributed by atoms with van der Waals surface area (Å²) in [6.45, 7) is 2.45. The molecule has 1 N–H and O–H groups in total. The van der Waals surface area contributed by atoms with Gasteiger partial charge in [-0.1, -0.05) is 12.1 Å². The number of hydrogen-bond acceptors (Lipinski definition) is 3. The largest absolute Gasteiger partial charge is 0.455 e. The fourth-order valence-corrected chi connectivity index (χ4v) is 2.46. The predicted molar refractivity (Wildman–Crippen MR) is 69.3 cm³/mol. The number of furan rings is 1. The highest BCUT2D eigenvalue weighted by atomic mass is 19.1. The van der Waals surface area contributed by atoms with E-state index in [-0.39, 0.29) is 11.7 Å². The molecule has 2 unspecified atom stereocenters. The lowest BCUT2D eigenvalue weighted by Crippen LogP contribution is -2.24. The van der Waals surface area contributed by atoms with E-state index < -0.39 is 11.9 Å². The Bertz CT molecular complexity index is 574. The van der Waals surface area contributed by atoms with Crippen molar-refractivity contribution in [2.45, 2.75) is 32.0 Å². The summed E-state index contributed by atoms with van der Waals surface area (Å²) in [5.74, 6) is 0.355. The van der Waals surface area contributed by atoms with E-state index in [4.69, 9.17) is 9.15 Å². The average Bonchev–Trinajstić information content (AvgIpc) is 3.14. The van der Waals surface area contributed by atoms with Crippen LogP contribution in [0.1, 0.15) is 31.6 Å². The summed E-state index contributed by atoms with van der Waals surface area (Å²) in [7, 11) is 0. The normalized spacial score (nSPS) is 18.7. The van der Waals surface area contributed by atoms with Crippen molar-refractivity contribution in [2.75, 3.05) is 6.61 Å². The fraction of sp³-hybridized carbons (Fsp3) is 0.467. The average molecular weight is 264 g/mol. The Morgan fingerprint density at radius 1 is 1.47 bits per heavy atom. The van der Waals surface area contributed by atoms with E-state index in [2.05, 4.69) is 0 Å². The third kappa shape index (κ3) is 2.38. The molecule has 0 bridgehead atoms. The molecule has 1 aliphatic rings. The first-order valence-electron chi connectivity index (χ1n) is 6.68. The molecule has 0 aliphatic heterocycles. The Hall–Kier alpha value is -1.39. The van der Waals surface area contributed by atoms with E-state index in [0.717, 1.165) is 12.8 Å². The number of hydrogen-bond donors (Lipinski definition) is 1. The van der Waals surface area contributed by atoms with E-state index in [1.54, 1.807) is 18.2 Å². The van der Waals surface area contributed by atoms with Crippen LogP contribution < -0.4 is 0 Å². The molecule has 0 spiro atoms. The third-order valence-corrected chi connectivity index (χ3v) is 3.56. The molecule has 1 aromatic heterocycles. The molecule has 0 saturated heterocycles. The maximum atomic E-state index is 13.6. The van der Waals surface area contributed by atoms with E-state index in [0.29, 0.717) is 23.7 Å². The van der Waals surface area contributed by atoms with Gasteiger partial charge in [-0.15, -0.1) is 0 Å². The zero-order valence-corrected chi connectivity index (χ0v) is 10.8. The molecule has 1 saturated carbocycles. The summed E-state index contributed by atoms with van der Waals surface area (Å²) in [6.07, 6.45) is 1.04. The molecule has 2 aromatic rings. The maximum Gasteiger partial charge on any atom is 0.170 e.